The van der Waals surface area contributed by atoms with Crippen molar-refractivity contribution in [2.24, 2.45) is 0 Å². The lowest BCUT2D eigenvalue weighted by Crippen LogP contribution is -2.18. The minimum absolute atomic E-state index is 0.105. The number of ether oxygens (including phenoxy) is 1. The molecule has 3 aromatic carbocycles. The van der Waals surface area contributed by atoms with Crippen molar-refractivity contribution in [2.75, 3.05) is 5.32 Å². The van der Waals surface area contributed by atoms with E-state index in [1.54, 1.807) is 18.2 Å². The van der Waals surface area contributed by atoms with E-state index in [0.29, 0.717) is 18.9 Å². The molecular weight excluding hydrogens is 447 g/mol. The van der Waals surface area contributed by atoms with Gasteiger partial charge in [0.05, 0.1) is 11.8 Å². The molecule has 5 rings (SSSR count). The van der Waals surface area contributed by atoms with Crippen LogP contribution in [0.25, 0.3) is 11.6 Å². The first kappa shape index (κ1) is 22.1. The van der Waals surface area contributed by atoms with E-state index in [1.165, 1.54) is 24.5 Å². The number of benzene rings is 3. The number of nitrogens with zero attached hydrogens (tertiary/aromatic N) is 3. The van der Waals surface area contributed by atoms with Crippen LogP contribution in [0.2, 0.25) is 0 Å². The molecule has 5 aromatic rings. The molecule has 0 atom stereocenters. The van der Waals surface area contributed by atoms with Gasteiger partial charge in [-0.2, -0.15) is 9.67 Å². The lowest BCUT2D eigenvalue weighted by Gasteiger charge is -2.09. The summed E-state index contributed by atoms with van der Waals surface area (Å²) in [6.45, 7) is 0.842. The third-order valence-electron chi connectivity index (χ3n) is 5.27. The van der Waals surface area contributed by atoms with Crippen molar-refractivity contribution >= 4 is 11.9 Å². The molecule has 0 bridgehead atoms. The summed E-state index contributed by atoms with van der Waals surface area (Å²) < 4.78 is 26.5. The van der Waals surface area contributed by atoms with Crippen LogP contribution >= 0.6 is 0 Å². The minimum atomic E-state index is -0.638. The fraction of sp³-hybridized carbons (Fsp3) is 0.0741. The number of rotatable bonds is 8. The second-order valence-electron chi connectivity index (χ2n) is 7.70. The number of carbonyl (C=O) groups excluding carboxylic acids is 1. The zero-order chi connectivity index (χ0) is 24.0. The van der Waals surface area contributed by atoms with Gasteiger partial charge in [-0.15, -0.1) is 5.10 Å². The van der Waals surface area contributed by atoms with Crippen molar-refractivity contribution in [3.8, 4) is 17.3 Å². The summed E-state index contributed by atoms with van der Waals surface area (Å²) >= 11 is 0. The van der Waals surface area contributed by atoms with E-state index in [4.69, 9.17) is 9.15 Å². The van der Waals surface area contributed by atoms with Gasteiger partial charge < -0.3 is 14.5 Å². The number of hydrogen-bond donors (Lipinski definition) is 1. The topological polar surface area (TPSA) is 82.2 Å². The summed E-state index contributed by atoms with van der Waals surface area (Å²) in [6, 6.07) is 26.7. The van der Waals surface area contributed by atoms with Crippen molar-refractivity contribution in [2.45, 2.75) is 13.2 Å². The summed E-state index contributed by atoms with van der Waals surface area (Å²) in [7, 11) is 0. The van der Waals surface area contributed by atoms with Crippen molar-refractivity contribution in [1.29, 1.82) is 0 Å². The molecule has 0 unspecified atom stereocenters. The van der Waals surface area contributed by atoms with Crippen molar-refractivity contribution in [3.63, 3.8) is 0 Å². The van der Waals surface area contributed by atoms with Crippen LogP contribution in [0, 0.1) is 5.82 Å². The molecule has 174 valence electrons. The van der Waals surface area contributed by atoms with Gasteiger partial charge in [0.2, 0.25) is 11.8 Å². The van der Waals surface area contributed by atoms with Gasteiger partial charge in [0, 0.05) is 6.54 Å². The summed E-state index contributed by atoms with van der Waals surface area (Å²) in [4.78, 5) is 17.5. The van der Waals surface area contributed by atoms with E-state index in [-0.39, 0.29) is 17.3 Å². The van der Waals surface area contributed by atoms with Crippen LogP contribution in [0.5, 0.6) is 5.75 Å². The highest BCUT2D eigenvalue weighted by molar-refractivity contribution is 5.97. The maximum Gasteiger partial charge on any atom is 0.284 e. The Labute approximate surface area is 200 Å². The first-order chi connectivity index (χ1) is 17.2. The van der Waals surface area contributed by atoms with Gasteiger partial charge in [0.25, 0.3) is 5.91 Å². The van der Waals surface area contributed by atoms with Gasteiger partial charge in [-0.3, -0.25) is 4.79 Å². The molecule has 2 aromatic heterocycles. The molecule has 0 saturated carbocycles. The molecule has 8 heteroatoms. The van der Waals surface area contributed by atoms with E-state index in [2.05, 4.69) is 15.4 Å². The molecule has 0 aliphatic heterocycles. The van der Waals surface area contributed by atoms with Crippen LogP contribution in [-0.2, 0) is 13.2 Å². The Hall–Kier alpha value is -4.72. The zero-order valence-corrected chi connectivity index (χ0v) is 18.6. The van der Waals surface area contributed by atoms with Crippen LogP contribution in [0.4, 0.5) is 10.3 Å². The first-order valence-electron chi connectivity index (χ1n) is 11.0. The maximum atomic E-state index is 14.3. The molecule has 0 spiro atoms. The van der Waals surface area contributed by atoms with Gasteiger partial charge in [0.15, 0.2) is 5.76 Å². The number of carbonyl (C=O) groups is 1. The van der Waals surface area contributed by atoms with Crippen LogP contribution in [0.1, 0.15) is 21.5 Å². The number of anilines is 1. The Morgan fingerprint density at radius 1 is 0.914 bits per heavy atom. The second-order valence-corrected chi connectivity index (χ2v) is 7.70. The highest BCUT2D eigenvalue weighted by atomic mass is 19.1. The number of aromatic nitrogens is 3. The van der Waals surface area contributed by atoms with Gasteiger partial charge in [-0.1, -0.05) is 54.6 Å². The summed E-state index contributed by atoms with van der Waals surface area (Å²) in [6.07, 6.45) is 1.49. The average molecular weight is 468 g/mol. The number of nitrogens with one attached hydrogen (secondary N) is 1. The largest absolute Gasteiger partial charge is 0.489 e. The number of furan rings is 1. The number of halogens is 1. The Balaban J connectivity index is 1.32. The first-order valence-corrected chi connectivity index (χ1v) is 11.0. The van der Waals surface area contributed by atoms with Crippen molar-refractivity contribution < 1.29 is 18.3 Å². The molecular formula is C27H21FN4O3. The molecule has 0 amide bonds. The SMILES string of the molecule is O=C(c1ccccc1F)n1nc(-c2ccco2)nc1NCc1ccc(OCc2ccccc2)cc1. The van der Waals surface area contributed by atoms with Crippen LogP contribution in [-0.4, -0.2) is 20.7 Å². The van der Waals surface area contributed by atoms with E-state index in [9.17, 15) is 9.18 Å². The number of hydrogen-bond acceptors (Lipinski definition) is 6. The van der Waals surface area contributed by atoms with E-state index < -0.39 is 11.7 Å². The van der Waals surface area contributed by atoms with Gasteiger partial charge in [-0.05, 0) is 47.5 Å². The summed E-state index contributed by atoms with van der Waals surface area (Å²) in [5, 5.41) is 7.39. The molecule has 0 aliphatic rings. The Kier molecular flexibility index (Phi) is 6.34. The summed E-state index contributed by atoms with van der Waals surface area (Å²) in [5.41, 5.74) is 1.92. The van der Waals surface area contributed by atoms with E-state index in [1.807, 2.05) is 54.6 Å². The normalized spacial score (nSPS) is 10.8. The van der Waals surface area contributed by atoms with E-state index >= 15 is 0 Å². The minimum Gasteiger partial charge on any atom is -0.489 e. The third-order valence-corrected chi connectivity index (χ3v) is 5.27. The lowest BCUT2D eigenvalue weighted by molar-refractivity contribution is 0.0943. The van der Waals surface area contributed by atoms with Gasteiger partial charge in [0.1, 0.15) is 18.2 Å². The molecule has 0 fully saturated rings. The Morgan fingerprint density at radius 3 is 2.43 bits per heavy atom. The molecule has 0 saturated heterocycles. The fourth-order valence-corrected chi connectivity index (χ4v) is 3.45. The van der Waals surface area contributed by atoms with Crippen molar-refractivity contribution in [3.05, 3.63) is 120 Å². The molecule has 0 radical (unpaired) electrons. The van der Waals surface area contributed by atoms with Crippen LogP contribution in [0.15, 0.2) is 102 Å². The zero-order valence-electron chi connectivity index (χ0n) is 18.6. The maximum absolute atomic E-state index is 14.3. The fourth-order valence-electron chi connectivity index (χ4n) is 3.45. The predicted molar refractivity (Wildman–Crippen MR) is 128 cm³/mol. The highest BCUT2D eigenvalue weighted by Crippen LogP contribution is 2.21. The van der Waals surface area contributed by atoms with Crippen LogP contribution in [0.3, 0.4) is 0 Å². The predicted octanol–water partition coefficient (Wildman–Crippen LogP) is 5.56. The standard InChI is InChI=1S/C27H21FN4O3/c28-23-10-5-4-9-22(23)26(33)32-27(30-25(31-32)24-11-6-16-34-24)29-17-19-12-14-21(15-13-19)35-18-20-7-2-1-3-8-20/h1-16H,17-18H2,(H,29,30,31). The van der Waals surface area contributed by atoms with Crippen molar-refractivity contribution in [1.82, 2.24) is 14.8 Å². The van der Waals surface area contributed by atoms with Crippen LogP contribution < -0.4 is 10.1 Å². The molecule has 7 nitrogen and oxygen atoms in total. The average Bonchev–Trinajstić information content (AvgIpc) is 3.58. The lowest BCUT2D eigenvalue weighted by atomic mass is 10.2. The van der Waals surface area contributed by atoms with E-state index in [0.717, 1.165) is 21.6 Å². The second kappa shape index (κ2) is 10.0. The highest BCUT2D eigenvalue weighted by Gasteiger charge is 2.22. The smallest absolute Gasteiger partial charge is 0.284 e. The monoisotopic (exact) mass is 468 g/mol. The molecule has 35 heavy (non-hydrogen) atoms. The van der Waals surface area contributed by atoms with Gasteiger partial charge >= 0.3 is 0 Å². The summed E-state index contributed by atoms with van der Waals surface area (Å²) in [5.74, 6) is 0.259. The quantitative estimate of drug-likeness (QED) is 0.321. The Morgan fingerprint density at radius 2 is 1.69 bits per heavy atom. The third kappa shape index (κ3) is 5.11. The molecule has 1 N–H and O–H groups in total. The molecule has 2 heterocycles. The molecule has 0 aliphatic carbocycles. The Bertz CT molecular complexity index is 1410. The van der Waals surface area contributed by atoms with Gasteiger partial charge in [-0.25, -0.2) is 4.39 Å².